The first kappa shape index (κ1) is 11.5. The minimum atomic E-state index is -0.651. The molecule has 0 radical (unpaired) electrons. The Balaban J connectivity index is 2.68. The van der Waals surface area contributed by atoms with Crippen LogP contribution in [-0.2, 0) is 4.79 Å². The summed E-state index contributed by atoms with van der Waals surface area (Å²) in [5.74, 6) is -0.214. The maximum atomic E-state index is 11.1. The average molecular weight is 249 g/mol. The van der Waals surface area contributed by atoms with Crippen LogP contribution < -0.4 is 5.32 Å². The SMILES string of the molecule is CC(=O)Nc1cc(C(=O)Cl)nc2ccccc12. The van der Waals surface area contributed by atoms with Crippen LogP contribution in [0.15, 0.2) is 30.3 Å². The highest BCUT2D eigenvalue weighted by Crippen LogP contribution is 2.23. The van der Waals surface area contributed by atoms with Crippen molar-refractivity contribution in [2.24, 2.45) is 0 Å². The van der Waals surface area contributed by atoms with Gasteiger partial charge < -0.3 is 5.32 Å². The third-order valence-electron chi connectivity index (χ3n) is 2.23. The number of hydrogen-bond acceptors (Lipinski definition) is 3. The first-order valence-corrected chi connectivity index (χ1v) is 5.33. The van der Waals surface area contributed by atoms with Gasteiger partial charge in [-0.1, -0.05) is 18.2 Å². The third kappa shape index (κ3) is 2.42. The summed E-state index contributed by atoms with van der Waals surface area (Å²) >= 11 is 5.40. The fourth-order valence-corrected chi connectivity index (χ4v) is 1.67. The zero-order valence-corrected chi connectivity index (χ0v) is 9.78. The minimum Gasteiger partial charge on any atom is -0.326 e. The number of benzene rings is 1. The van der Waals surface area contributed by atoms with E-state index in [2.05, 4.69) is 10.3 Å². The first-order chi connectivity index (χ1) is 8.08. The molecule has 0 atom stereocenters. The summed E-state index contributed by atoms with van der Waals surface area (Å²) in [5.41, 5.74) is 1.27. The first-order valence-electron chi connectivity index (χ1n) is 4.95. The number of fused-ring (bicyclic) bond motifs is 1. The highest BCUT2D eigenvalue weighted by atomic mass is 35.5. The van der Waals surface area contributed by atoms with E-state index in [1.165, 1.54) is 13.0 Å². The second-order valence-electron chi connectivity index (χ2n) is 3.53. The van der Waals surface area contributed by atoms with Gasteiger partial charge in [-0.15, -0.1) is 0 Å². The molecule has 4 nitrogen and oxygen atoms in total. The molecule has 0 unspecified atom stereocenters. The van der Waals surface area contributed by atoms with Gasteiger partial charge >= 0.3 is 0 Å². The third-order valence-corrected chi connectivity index (χ3v) is 2.42. The molecule has 0 fully saturated rings. The molecule has 1 aromatic heterocycles. The van der Waals surface area contributed by atoms with E-state index in [0.717, 1.165) is 5.39 Å². The lowest BCUT2D eigenvalue weighted by atomic mass is 10.1. The van der Waals surface area contributed by atoms with Gasteiger partial charge in [-0.25, -0.2) is 4.98 Å². The predicted octanol–water partition coefficient (Wildman–Crippen LogP) is 2.57. The molecule has 0 saturated carbocycles. The number of nitrogens with one attached hydrogen (secondary N) is 1. The van der Waals surface area contributed by atoms with E-state index in [-0.39, 0.29) is 11.6 Å². The Morgan fingerprint density at radius 1 is 1.29 bits per heavy atom. The van der Waals surface area contributed by atoms with Crippen LogP contribution in [-0.4, -0.2) is 16.1 Å². The van der Waals surface area contributed by atoms with E-state index in [1.807, 2.05) is 12.1 Å². The quantitative estimate of drug-likeness (QED) is 0.831. The predicted molar refractivity (Wildman–Crippen MR) is 66.2 cm³/mol. The van der Waals surface area contributed by atoms with Crippen molar-refractivity contribution in [3.63, 3.8) is 0 Å². The van der Waals surface area contributed by atoms with Crippen LogP contribution in [0.3, 0.4) is 0 Å². The maximum Gasteiger partial charge on any atom is 0.270 e. The summed E-state index contributed by atoms with van der Waals surface area (Å²) in [6, 6.07) is 8.67. The van der Waals surface area contributed by atoms with E-state index < -0.39 is 5.24 Å². The molecule has 17 heavy (non-hydrogen) atoms. The fraction of sp³-hybridized carbons (Fsp3) is 0.0833. The highest BCUT2D eigenvalue weighted by Gasteiger charge is 2.10. The molecular formula is C12H9ClN2O2. The van der Waals surface area contributed by atoms with Crippen molar-refractivity contribution in [3.05, 3.63) is 36.0 Å². The fourth-order valence-electron chi connectivity index (χ4n) is 1.57. The molecule has 0 aliphatic heterocycles. The van der Waals surface area contributed by atoms with Crippen molar-refractivity contribution in [1.29, 1.82) is 0 Å². The Bertz CT molecular complexity index is 610. The number of pyridine rings is 1. The van der Waals surface area contributed by atoms with E-state index in [4.69, 9.17) is 11.6 Å². The number of amides is 1. The Hall–Kier alpha value is -1.94. The number of carbonyl (C=O) groups is 2. The van der Waals surface area contributed by atoms with Crippen LogP contribution in [0.5, 0.6) is 0 Å². The lowest BCUT2D eigenvalue weighted by Crippen LogP contribution is -2.08. The number of carbonyl (C=O) groups excluding carboxylic acids is 2. The summed E-state index contributed by atoms with van der Waals surface area (Å²) in [4.78, 5) is 26.3. The van der Waals surface area contributed by atoms with E-state index in [9.17, 15) is 9.59 Å². The van der Waals surface area contributed by atoms with Crippen molar-refractivity contribution < 1.29 is 9.59 Å². The summed E-state index contributed by atoms with van der Waals surface area (Å²) in [5, 5.41) is 2.77. The van der Waals surface area contributed by atoms with Crippen molar-refractivity contribution in [2.45, 2.75) is 6.92 Å². The maximum absolute atomic E-state index is 11.1. The number of rotatable bonds is 2. The zero-order valence-electron chi connectivity index (χ0n) is 9.03. The van der Waals surface area contributed by atoms with Crippen molar-refractivity contribution in [2.75, 3.05) is 5.32 Å². The average Bonchev–Trinajstić information content (AvgIpc) is 2.28. The molecule has 0 spiro atoms. The van der Waals surface area contributed by atoms with Gasteiger partial charge in [0.05, 0.1) is 11.2 Å². The lowest BCUT2D eigenvalue weighted by molar-refractivity contribution is -0.114. The Kier molecular flexibility index (Phi) is 3.06. The number of aromatic nitrogens is 1. The van der Waals surface area contributed by atoms with Gasteiger partial charge in [0.1, 0.15) is 5.69 Å². The van der Waals surface area contributed by atoms with E-state index in [1.54, 1.807) is 12.1 Å². The van der Waals surface area contributed by atoms with Crippen LogP contribution in [0.2, 0.25) is 0 Å². The minimum absolute atomic E-state index is 0.120. The summed E-state index contributed by atoms with van der Waals surface area (Å²) in [7, 11) is 0. The monoisotopic (exact) mass is 248 g/mol. The van der Waals surface area contributed by atoms with Crippen molar-refractivity contribution in [1.82, 2.24) is 4.98 Å². The second-order valence-corrected chi connectivity index (χ2v) is 3.87. The molecule has 0 saturated heterocycles. The Morgan fingerprint density at radius 2 is 2.00 bits per heavy atom. The van der Waals surface area contributed by atoms with Gasteiger partial charge in [0.2, 0.25) is 5.91 Å². The Morgan fingerprint density at radius 3 is 2.65 bits per heavy atom. The van der Waals surface area contributed by atoms with Gasteiger partial charge in [-0.05, 0) is 23.7 Å². The van der Waals surface area contributed by atoms with Gasteiger partial charge in [0.15, 0.2) is 0 Å². The molecule has 1 aromatic carbocycles. The van der Waals surface area contributed by atoms with Crippen molar-refractivity contribution >= 4 is 39.3 Å². The number of nitrogens with zero attached hydrogens (tertiary/aromatic N) is 1. The van der Waals surface area contributed by atoms with Crippen LogP contribution in [0.4, 0.5) is 5.69 Å². The standard InChI is InChI=1S/C12H9ClN2O2/c1-7(16)14-10-6-11(12(13)17)15-9-5-3-2-4-8(9)10/h2-6H,1H3,(H,14,15,16). The van der Waals surface area contributed by atoms with Gasteiger partial charge in [0.25, 0.3) is 5.24 Å². The van der Waals surface area contributed by atoms with E-state index in [0.29, 0.717) is 11.2 Å². The lowest BCUT2D eigenvalue weighted by Gasteiger charge is -2.07. The molecule has 1 N–H and O–H groups in total. The zero-order chi connectivity index (χ0) is 12.4. The van der Waals surface area contributed by atoms with Crippen LogP contribution in [0, 0.1) is 0 Å². The topological polar surface area (TPSA) is 59.1 Å². The van der Waals surface area contributed by atoms with Crippen LogP contribution in [0.25, 0.3) is 10.9 Å². The van der Waals surface area contributed by atoms with Crippen LogP contribution >= 0.6 is 11.6 Å². The number of halogens is 1. The molecule has 0 bridgehead atoms. The summed E-state index contributed by atoms with van der Waals surface area (Å²) in [6.07, 6.45) is 0. The molecule has 0 aliphatic rings. The highest BCUT2D eigenvalue weighted by molar-refractivity contribution is 6.67. The molecule has 5 heteroatoms. The molecule has 1 heterocycles. The van der Waals surface area contributed by atoms with Gasteiger partial charge in [-0.3, -0.25) is 9.59 Å². The molecule has 2 rings (SSSR count). The molecule has 0 aliphatic carbocycles. The molecule has 86 valence electrons. The number of hydrogen-bond donors (Lipinski definition) is 1. The molecule has 1 amide bonds. The number of para-hydroxylation sites is 1. The summed E-state index contributed by atoms with van der Waals surface area (Å²) < 4.78 is 0. The smallest absolute Gasteiger partial charge is 0.270 e. The second kappa shape index (κ2) is 4.51. The largest absolute Gasteiger partial charge is 0.326 e. The van der Waals surface area contributed by atoms with Crippen LogP contribution in [0.1, 0.15) is 17.4 Å². The molecule has 2 aromatic rings. The number of anilines is 1. The summed E-state index contributed by atoms with van der Waals surface area (Å²) in [6.45, 7) is 1.40. The molecular weight excluding hydrogens is 240 g/mol. The van der Waals surface area contributed by atoms with Gasteiger partial charge in [0, 0.05) is 12.3 Å². The van der Waals surface area contributed by atoms with Gasteiger partial charge in [-0.2, -0.15) is 0 Å². The Labute approximate surface area is 103 Å². The van der Waals surface area contributed by atoms with Crippen molar-refractivity contribution in [3.8, 4) is 0 Å². The van der Waals surface area contributed by atoms with E-state index >= 15 is 0 Å². The normalized spacial score (nSPS) is 10.2.